The van der Waals surface area contributed by atoms with Crippen LogP contribution in [-0.4, -0.2) is 63.4 Å². The number of aliphatic hydroxyl groups is 1. The summed E-state index contributed by atoms with van der Waals surface area (Å²) < 4.78 is 42.6. The summed E-state index contributed by atoms with van der Waals surface area (Å²) in [5, 5.41) is 13.2. The third-order valence-electron chi connectivity index (χ3n) is 4.20. The number of ether oxygens (including phenoxy) is 2. The van der Waals surface area contributed by atoms with Crippen molar-refractivity contribution >= 4 is 21.6 Å². The molecule has 0 aliphatic carbocycles. The lowest BCUT2D eigenvalue weighted by Gasteiger charge is -2.26. The minimum Gasteiger partial charge on any atom is -0.489 e. The first-order valence-electron chi connectivity index (χ1n) is 8.88. The van der Waals surface area contributed by atoms with Crippen molar-refractivity contribution in [1.29, 1.82) is 0 Å². The van der Waals surface area contributed by atoms with E-state index in [0.29, 0.717) is 45.1 Å². The highest BCUT2D eigenvalue weighted by molar-refractivity contribution is 7.89. The van der Waals surface area contributed by atoms with E-state index in [1.807, 2.05) is 6.07 Å². The third kappa shape index (κ3) is 5.47. The number of nitrogens with one attached hydrogen (secondary N) is 1. The molecule has 1 aromatic carbocycles. The van der Waals surface area contributed by atoms with E-state index in [9.17, 15) is 13.5 Å². The second-order valence-corrected chi connectivity index (χ2v) is 8.63. The van der Waals surface area contributed by atoms with E-state index < -0.39 is 16.1 Å². The Balaban J connectivity index is 1.52. The van der Waals surface area contributed by atoms with Gasteiger partial charge in [-0.15, -0.1) is 0 Å². The molecule has 1 aliphatic rings. The monoisotopic (exact) mass is 430 g/mol. The van der Waals surface area contributed by atoms with Gasteiger partial charge in [0.1, 0.15) is 24.2 Å². The second-order valence-electron chi connectivity index (χ2n) is 6.28. The Morgan fingerprint density at radius 3 is 2.75 bits per heavy atom. The summed E-state index contributed by atoms with van der Waals surface area (Å²) in [6, 6.07) is 7.94. The second kappa shape index (κ2) is 9.73. The molecule has 0 saturated carbocycles. The standard InChI is InChI=1S/C18H23ClN2O6S/c19-17-10-16(28(23,24)21-5-8-25-9-6-21)3-4-18(17)27-13-14(22)11-20-12-15-2-1-7-26-15/h1-4,7,10,14,20,22H,5-6,8-9,11-13H2/t14-/m1/s1. The van der Waals surface area contributed by atoms with Crippen LogP contribution in [0.1, 0.15) is 5.76 Å². The molecule has 8 nitrogen and oxygen atoms in total. The highest BCUT2D eigenvalue weighted by atomic mass is 35.5. The number of benzene rings is 1. The number of furan rings is 1. The van der Waals surface area contributed by atoms with Gasteiger partial charge in [0, 0.05) is 19.6 Å². The van der Waals surface area contributed by atoms with E-state index in [1.54, 1.807) is 12.3 Å². The molecule has 0 amide bonds. The van der Waals surface area contributed by atoms with Crippen molar-refractivity contribution in [2.24, 2.45) is 0 Å². The van der Waals surface area contributed by atoms with Gasteiger partial charge < -0.3 is 24.3 Å². The Labute approximate surface area is 169 Å². The molecule has 2 N–H and O–H groups in total. The maximum atomic E-state index is 12.6. The maximum absolute atomic E-state index is 12.6. The zero-order chi connectivity index (χ0) is 20.0. The van der Waals surface area contributed by atoms with Crippen LogP contribution in [0.3, 0.4) is 0 Å². The maximum Gasteiger partial charge on any atom is 0.243 e. The Hall–Kier alpha value is -1.62. The molecule has 1 aromatic heterocycles. The van der Waals surface area contributed by atoms with Crippen molar-refractivity contribution in [3.05, 3.63) is 47.4 Å². The fraction of sp³-hybridized carbons (Fsp3) is 0.444. The van der Waals surface area contributed by atoms with E-state index in [-0.39, 0.29) is 16.5 Å². The molecule has 28 heavy (non-hydrogen) atoms. The van der Waals surface area contributed by atoms with E-state index in [4.69, 9.17) is 25.5 Å². The average molecular weight is 431 g/mol. The SMILES string of the molecule is O=S(=O)(c1ccc(OC[C@H](O)CNCc2ccco2)c(Cl)c1)N1CCOCC1. The van der Waals surface area contributed by atoms with E-state index in [1.165, 1.54) is 22.5 Å². The predicted molar refractivity (Wildman–Crippen MR) is 103 cm³/mol. The van der Waals surface area contributed by atoms with Crippen LogP contribution in [-0.2, 0) is 21.3 Å². The van der Waals surface area contributed by atoms with Crippen LogP contribution in [0.5, 0.6) is 5.75 Å². The van der Waals surface area contributed by atoms with Crippen LogP contribution < -0.4 is 10.1 Å². The van der Waals surface area contributed by atoms with Crippen molar-refractivity contribution in [3.63, 3.8) is 0 Å². The van der Waals surface area contributed by atoms with Gasteiger partial charge in [0.25, 0.3) is 0 Å². The highest BCUT2D eigenvalue weighted by Crippen LogP contribution is 2.29. The molecule has 1 atom stereocenters. The molecular formula is C18H23ClN2O6S. The lowest BCUT2D eigenvalue weighted by atomic mass is 10.3. The van der Waals surface area contributed by atoms with Crippen molar-refractivity contribution < 1.29 is 27.4 Å². The number of sulfonamides is 1. The molecule has 2 aromatic rings. The zero-order valence-corrected chi connectivity index (χ0v) is 16.8. The smallest absolute Gasteiger partial charge is 0.243 e. The van der Waals surface area contributed by atoms with Gasteiger partial charge in [-0.05, 0) is 30.3 Å². The minimum absolute atomic E-state index is 0.0143. The fourth-order valence-electron chi connectivity index (χ4n) is 2.72. The summed E-state index contributed by atoms with van der Waals surface area (Å²) in [5.41, 5.74) is 0. The van der Waals surface area contributed by atoms with Gasteiger partial charge in [-0.1, -0.05) is 11.6 Å². The topological polar surface area (TPSA) is 101 Å². The Morgan fingerprint density at radius 1 is 1.29 bits per heavy atom. The molecule has 154 valence electrons. The number of nitrogens with zero attached hydrogens (tertiary/aromatic N) is 1. The van der Waals surface area contributed by atoms with Crippen molar-refractivity contribution in [2.75, 3.05) is 39.5 Å². The molecule has 3 rings (SSSR count). The third-order valence-corrected chi connectivity index (χ3v) is 6.39. The molecule has 0 radical (unpaired) electrons. The number of hydrogen-bond donors (Lipinski definition) is 2. The molecule has 1 saturated heterocycles. The van der Waals surface area contributed by atoms with Crippen molar-refractivity contribution in [3.8, 4) is 5.75 Å². The fourth-order valence-corrected chi connectivity index (χ4v) is 4.45. The van der Waals surface area contributed by atoms with Gasteiger partial charge in [-0.25, -0.2) is 8.42 Å². The Kier molecular flexibility index (Phi) is 7.33. The molecule has 2 heterocycles. The van der Waals surface area contributed by atoms with E-state index in [2.05, 4.69) is 5.32 Å². The molecule has 1 aliphatic heterocycles. The summed E-state index contributed by atoms with van der Waals surface area (Å²) >= 11 is 6.19. The summed E-state index contributed by atoms with van der Waals surface area (Å²) in [7, 11) is -3.62. The van der Waals surface area contributed by atoms with Crippen LogP contribution in [0.15, 0.2) is 45.9 Å². The number of hydrogen-bond acceptors (Lipinski definition) is 7. The van der Waals surface area contributed by atoms with E-state index >= 15 is 0 Å². The average Bonchev–Trinajstić information content (AvgIpc) is 3.21. The van der Waals surface area contributed by atoms with E-state index in [0.717, 1.165) is 5.76 Å². The zero-order valence-electron chi connectivity index (χ0n) is 15.2. The molecule has 0 spiro atoms. The normalized spacial score (nSPS) is 16.8. The summed E-state index contributed by atoms with van der Waals surface area (Å²) in [6.45, 7) is 2.20. The van der Waals surface area contributed by atoms with Crippen molar-refractivity contribution in [2.45, 2.75) is 17.5 Å². The van der Waals surface area contributed by atoms with Gasteiger partial charge in [-0.2, -0.15) is 4.31 Å². The van der Waals surface area contributed by atoms with Crippen LogP contribution in [0.25, 0.3) is 0 Å². The Bertz CT molecular complexity index is 853. The number of morpholine rings is 1. The van der Waals surface area contributed by atoms with Crippen LogP contribution in [0, 0.1) is 0 Å². The first-order chi connectivity index (χ1) is 13.5. The largest absolute Gasteiger partial charge is 0.489 e. The van der Waals surface area contributed by atoms with Gasteiger partial charge in [0.05, 0.1) is 35.9 Å². The van der Waals surface area contributed by atoms with Crippen LogP contribution in [0.4, 0.5) is 0 Å². The molecule has 1 fully saturated rings. The van der Waals surface area contributed by atoms with Gasteiger partial charge in [0.2, 0.25) is 10.0 Å². The molecule has 10 heteroatoms. The number of rotatable bonds is 9. The lowest BCUT2D eigenvalue weighted by Crippen LogP contribution is -2.40. The minimum atomic E-state index is -3.62. The lowest BCUT2D eigenvalue weighted by molar-refractivity contribution is 0.0730. The highest BCUT2D eigenvalue weighted by Gasteiger charge is 2.27. The quantitative estimate of drug-likeness (QED) is 0.621. The summed E-state index contributed by atoms with van der Waals surface area (Å²) in [4.78, 5) is 0.104. The van der Waals surface area contributed by atoms with Gasteiger partial charge in [-0.3, -0.25) is 0 Å². The van der Waals surface area contributed by atoms with Crippen molar-refractivity contribution in [1.82, 2.24) is 9.62 Å². The summed E-state index contributed by atoms with van der Waals surface area (Å²) in [6.07, 6.45) is 0.823. The van der Waals surface area contributed by atoms with Gasteiger partial charge in [0.15, 0.2) is 0 Å². The van der Waals surface area contributed by atoms with Crippen LogP contribution in [0.2, 0.25) is 5.02 Å². The van der Waals surface area contributed by atoms with Gasteiger partial charge >= 0.3 is 0 Å². The predicted octanol–water partition coefficient (Wildman–Crippen LogP) is 1.48. The number of halogens is 1. The molecular weight excluding hydrogens is 408 g/mol. The summed E-state index contributed by atoms with van der Waals surface area (Å²) in [5.74, 6) is 1.08. The molecule has 0 unspecified atom stereocenters. The first kappa shape index (κ1) is 21.1. The first-order valence-corrected chi connectivity index (χ1v) is 10.7. The number of aliphatic hydroxyl groups excluding tert-OH is 1. The Morgan fingerprint density at radius 2 is 2.07 bits per heavy atom. The van der Waals surface area contributed by atoms with Crippen LogP contribution >= 0.6 is 11.6 Å². The molecule has 0 bridgehead atoms.